The molecular formula is C16H18N6. The van der Waals surface area contributed by atoms with Gasteiger partial charge in [0.05, 0.1) is 24.6 Å². The Labute approximate surface area is 128 Å². The first-order chi connectivity index (χ1) is 10.9. The lowest BCUT2D eigenvalue weighted by molar-refractivity contribution is 0.626. The van der Waals surface area contributed by atoms with Crippen LogP contribution in [0.1, 0.15) is 24.5 Å². The summed E-state index contributed by atoms with van der Waals surface area (Å²) in [7, 11) is 0. The molecule has 3 aromatic heterocycles. The van der Waals surface area contributed by atoms with Crippen LogP contribution in [0.3, 0.4) is 0 Å². The summed E-state index contributed by atoms with van der Waals surface area (Å²) in [5, 5.41) is 7.86. The predicted octanol–water partition coefficient (Wildman–Crippen LogP) is 2.45. The molecule has 0 unspecified atom stereocenters. The summed E-state index contributed by atoms with van der Waals surface area (Å²) < 4.78 is 3.92. The zero-order chi connectivity index (χ0) is 14.8. The molecule has 0 atom stereocenters. The average Bonchev–Trinajstić information content (AvgIpc) is 3.06. The van der Waals surface area contributed by atoms with Gasteiger partial charge in [-0.25, -0.2) is 9.97 Å². The molecule has 0 spiro atoms. The van der Waals surface area contributed by atoms with Crippen molar-refractivity contribution in [2.75, 3.05) is 11.9 Å². The van der Waals surface area contributed by atoms with Crippen LogP contribution in [0.15, 0.2) is 49.2 Å². The summed E-state index contributed by atoms with van der Waals surface area (Å²) in [6.45, 7) is 1.61. The van der Waals surface area contributed by atoms with Gasteiger partial charge in [-0.3, -0.25) is 4.68 Å². The van der Waals surface area contributed by atoms with Crippen LogP contribution in [-0.4, -0.2) is 30.9 Å². The Morgan fingerprint density at radius 3 is 2.68 bits per heavy atom. The maximum Gasteiger partial charge on any atom is 0.155 e. The summed E-state index contributed by atoms with van der Waals surface area (Å²) in [4.78, 5) is 8.78. The molecule has 22 heavy (non-hydrogen) atoms. The molecule has 0 aliphatic heterocycles. The van der Waals surface area contributed by atoms with E-state index in [1.54, 1.807) is 12.4 Å². The highest BCUT2D eigenvalue weighted by atomic mass is 15.3. The van der Waals surface area contributed by atoms with Gasteiger partial charge in [-0.2, -0.15) is 5.10 Å². The van der Waals surface area contributed by atoms with Crippen LogP contribution in [0.5, 0.6) is 0 Å². The summed E-state index contributed by atoms with van der Waals surface area (Å²) in [6.07, 6.45) is 12.1. The van der Waals surface area contributed by atoms with E-state index in [9.17, 15) is 0 Å². The van der Waals surface area contributed by atoms with Crippen LogP contribution in [0.4, 0.5) is 5.82 Å². The summed E-state index contributed by atoms with van der Waals surface area (Å²) in [6, 6.07) is 6.06. The van der Waals surface area contributed by atoms with Crippen molar-refractivity contribution >= 4 is 5.82 Å². The van der Waals surface area contributed by atoms with Crippen molar-refractivity contribution in [3.8, 4) is 5.82 Å². The predicted molar refractivity (Wildman–Crippen MR) is 84.1 cm³/mol. The van der Waals surface area contributed by atoms with Crippen LogP contribution < -0.4 is 5.32 Å². The zero-order valence-electron chi connectivity index (χ0n) is 12.3. The molecule has 4 rings (SSSR count). The van der Waals surface area contributed by atoms with Crippen molar-refractivity contribution in [3.63, 3.8) is 0 Å². The first-order valence-corrected chi connectivity index (χ1v) is 7.61. The molecular weight excluding hydrogens is 276 g/mol. The van der Waals surface area contributed by atoms with Crippen LogP contribution in [0.25, 0.3) is 5.82 Å². The van der Waals surface area contributed by atoms with E-state index in [0.717, 1.165) is 24.7 Å². The van der Waals surface area contributed by atoms with Crippen molar-refractivity contribution in [3.05, 3.63) is 54.9 Å². The SMILES string of the molecule is c1ccn(-c2cnc(NCCn3ccc(C4CC4)n3)cn2)c1. The number of hydrogen-bond donors (Lipinski definition) is 1. The second kappa shape index (κ2) is 5.63. The summed E-state index contributed by atoms with van der Waals surface area (Å²) >= 11 is 0. The van der Waals surface area contributed by atoms with Crippen molar-refractivity contribution in [2.45, 2.75) is 25.3 Å². The third-order valence-corrected chi connectivity index (χ3v) is 3.81. The lowest BCUT2D eigenvalue weighted by atomic mass is 10.3. The van der Waals surface area contributed by atoms with Gasteiger partial charge in [0, 0.05) is 31.1 Å². The first-order valence-electron chi connectivity index (χ1n) is 7.61. The third kappa shape index (κ3) is 2.86. The third-order valence-electron chi connectivity index (χ3n) is 3.81. The molecule has 6 heteroatoms. The van der Waals surface area contributed by atoms with Crippen LogP contribution >= 0.6 is 0 Å². The molecule has 1 fully saturated rings. The Bertz CT molecular complexity index is 724. The summed E-state index contributed by atoms with van der Waals surface area (Å²) in [5.41, 5.74) is 1.23. The van der Waals surface area contributed by atoms with E-state index < -0.39 is 0 Å². The number of anilines is 1. The minimum Gasteiger partial charge on any atom is -0.367 e. The van der Waals surface area contributed by atoms with E-state index in [-0.39, 0.29) is 0 Å². The topological polar surface area (TPSA) is 60.6 Å². The van der Waals surface area contributed by atoms with Gasteiger partial charge in [-0.1, -0.05) is 0 Å². The van der Waals surface area contributed by atoms with Gasteiger partial charge in [-0.15, -0.1) is 0 Å². The normalized spacial score (nSPS) is 14.2. The molecule has 0 amide bonds. The summed E-state index contributed by atoms with van der Waals surface area (Å²) in [5.74, 6) is 2.31. The molecule has 0 radical (unpaired) electrons. The van der Waals surface area contributed by atoms with Gasteiger partial charge in [-0.05, 0) is 31.0 Å². The Kier molecular flexibility index (Phi) is 3.34. The Morgan fingerprint density at radius 1 is 1.09 bits per heavy atom. The van der Waals surface area contributed by atoms with E-state index in [1.165, 1.54) is 18.5 Å². The molecule has 0 saturated heterocycles. The molecule has 0 bridgehead atoms. The van der Waals surface area contributed by atoms with Crippen LogP contribution in [0, 0.1) is 0 Å². The second-order valence-electron chi connectivity index (χ2n) is 5.55. The number of aromatic nitrogens is 5. The highest BCUT2D eigenvalue weighted by molar-refractivity contribution is 5.34. The lowest BCUT2D eigenvalue weighted by Gasteiger charge is -2.06. The molecule has 1 saturated carbocycles. The first kappa shape index (κ1) is 13.1. The smallest absolute Gasteiger partial charge is 0.155 e. The van der Waals surface area contributed by atoms with Crippen LogP contribution in [0.2, 0.25) is 0 Å². The Hall–Kier alpha value is -2.63. The minimum absolute atomic E-state index is 0.710. The molecule has 112 valence electrons. The molecule has 6 nitrogen and oxygen atoms in total. The maximum absolute atomic E-state index is 4.59. The molecule has 0 aromatic carbocycles. The van der Waals surface area contributed by atoms with Crippen molar-refractivity contribution in [2.24, 2.45) is 0 Å². The lowest BCUT2D eigenvalue weighted by Crippen LogP contribution is -2.12. The van der Waals surface area contributed by atoms with Crippen molar-refractivity contribution < 1.29 is 0 Å². The van der Waals surface area contributed by atoms with Gasteiger partial charge in [0.15, 0.2) is 5.82 Å². The van der Waals surface area contributed by atoms with E-state index in [0.29, 0.717) is 5.92 Å². The van der Waals surface area contributed by atoms with Crippen molar-refractivity contribution in [1.29, 1.82) is 0 Å². The number of rotatable bonds is 6. The highest BCUT2D eigenvalue weighted by Crippen LogP contribution is 2.38. The number of hydrogen-bond acceptors (Lipinski definition) is 4. The highest BCUT2D eigenvalue weighted by Gasteiger charge is 2.25. The Balaban J connectivity index is 1.31. The average molecular weight is 294 g/mol. The van der Waals surface area contributed by atoms with Gasteiger partial charge in [0.1, 0.15) is 5.82 Å². The molecule has 1 aliphatic rings. The second-order valence-corrected chi connectivity index (χ2v) is 5.55. The molecule has 3 aromatic rings. The molecule has 1 N–H and O–H groups in total. The minimum atomic E-state index is 0.710. The largest absolute Gasteiger partial charge is 0.367 e. The van der Waals surface area contributed by atoms with E-state index in [4.69, 9.17) is 0 Å². The van der Waals surface area contributed by atoms with Crippen LogP contribution in [-0.2, 0) is 6.54 Å². The fraction of sp³-hybridized carbons (Fsp3) is 0.312. The number of nitrogens with zero attached hydrogens (tertiary/aromatic N) is 5. The monoisotopic (exact) mass is 294 g/mol. The molecule has 1 aliphatic carbocycles. The zero-order valence-corrected chi connectivity index (χ0v) is 12.3. The fourth-order valence-corrected chi connectivity index (χ4v) is 2.43. The Morgan fingerprint density at radius 2 is 1.95 bits per heavy atom. The van der Waals surface area contributed by atoms with E-state index in [2.05, 4.69) is 32.6 Å². The van der Waals surface area contributed by atoms with E-state index in [1.807, 2.05) is 33.8 Å². The quantitative estimate of drug-likeness (QED) is 0.758. The maximum atomic E-state index is 4.59. The standard InChI is InChI=1S/C16H18N6/c1-2-8-21(7-1)16-12-18-15(11-19-16)17-6-10-22-9-5-14(20-22)13-3-4-13/h1-2,5,7-9,11-13H,3-4,6,10H2,(H,17,18). The van der Waals surface area contributed by atoms with Gasteiger partial charge >= 0.3 is 0 Å². The van der Waals surface area contributed by atoms with Gasteiger partial charge < -0.3 is 9.88 Å². The van der Waals surface area contributed by atoms with Gasteiger partial charge in [0.25, 0.3) is 0 Å². The van der Waals surface area contributed by atoms with Crippen molar-refractivity contribution in [1.82, 2.24) is 24.3 Å². The fourth-order valence-electron chi connectivity index (χ4n) is 2.43. The number of nitrogens with one attached hydrogen (secondary N) is 1. The van der Waals surface area contributed by atoms with Gasteiger partial charge in [0.2, 0.25) is 0 Å². The molecule has 3 heterocycles. The van der Waals surface area contributed by atoms with E-state index >= 15 is 0 Å².